The fourth-order valence-electron chi connectivity index (χ4n) is 2.77. The first-order valence-electron chi connectivity index (χ1n) is 9.09. The van der Waals surface area contributed by atoms with Crippen molar-refractivity contribution in [1.82, 2.24) is 0 Å². The van der Waals surface area contributed by atoms with Crippen LogP contribution in [0.15, 0.2) is 0 Å². The van der Waals surface area contributed by atoms with E-state index in [9.17, 15) is 13.0 Å². The van der Waals surface area contributed by atoms with Crippen molar-refractivity contribution in [2.75, 3.05) is 6.61 Å². The maximum Gasteiger partial charge on any atom is 0.267 e. The second kappa shape index (κ2) is 14.5. The minimum Gasteiger partial charge on any atom is -0.396 e. The van der Waals surface area contributed by atoms with E-state index < -0.39 is 15.4 Å². The summed E-state index contributed by atoms with van der Waals surface area (Å²) in [6, 6.07) is 0. The highest BCUT2D eigenvalue weighted by Gasteiger charge is 2.21. The minimum atomic E-state index is -3.87. The van der Waals surface area contributed by atoms with Crippen molar-refractivity contribution in [3.63, 3.8) is 0 Å². The van der Waals surface area contributed by atoms with Crippen molar-refractivity contribution < 1.29 is 18.1 Å². The summed E-state index contributed by atoms with van der Waals surface area (Å²) in [6.07, 6.45) is 14.4. The third kappa shape index (κ3) is 13.5. The van der Waals surface area contributed by atoms with Gasteiger partial charge in [0.25, 0.3) is 10.1 Å². The lowest BCUT2D eigenvalue weighted by atomic mass is 10.0. The summed E-state index contributed by atoms with van der Waals surface area (Å²) in [4.78, 5) is 0. The molecule has 4 nitrogen and oxygen atoms in total. The second-order valence-electron chi connectivity index (χ2n) is 6.33. The lowest BCUT2D eigenvalue weighted by molar-refractivity contribution is 0.282. The van der Waals surface area contributed by atoms with Gasteiger partial charge in [0.15, 0.2) is 0 Å². The zero-order valence-electron chi connectivity index (χ0n) is 14.3. The fraction of sp³-hybridized carbons (Fsp3) is 1.00. The Morgan fingerprint density at radius 2 is 1.14 bits per heavy atom. The van der Waals surface area contributed by atoms with Crippen molar-refractivity contribution in [1.29, 1.82) is 0 Å². The van der Waals surface area contributed by atoms with Crippen molar-refractivity contribution in [3.05, 3.63) is 0 Å². The topological polar surface area (TPSA) is 74.6 Å². The Morgan fingerprint density at radius 1 is 0.727 bits per heavy atom. The molecule has 2 N–H and O–H groups in total. The number of hydrogen-bond donors (Lipinski definition) is 2. The Bertz CT molecular complexity index is 328. The Morgan fingerprint density at radius 3 is 1.55 bits per heavy atom. The van der Waals surface area contributed by atoms with Gasteiger partial charge in [0, 0.05) is 6.61 Å². The van der Waals surface area contributed by atoms with E-state index >= 15 is 0 Å². The van der Waals surface area contributed by atoms with Gasteiger partial charge >= 0.3 is 0 Å². The van der Waals surface area contributed by atoms with E-state index in [0.717, 1.165) is 44.9 Å². The first-order valence-corrected chi connectivity index (χ1v) is 10.6. The largest absolute Gasteiger partial charge is 0.396 e. The summed E-state index contributed by atoms with van der Waals surface area (Å²) < 4.78 is 31.8. The predicted octanol–water partition coefficient (Wildman–Crippen LogP) is 4.72. The molecule has 0 aromatic rings. The summed E-state index contributed by atoms with van der Waals surface area (Å²) in [5.74, 6) is 0. The van der Waals surface area contributed by atoms with Gasteiger partial charge in [-0.3, -0.25) is 4.55 Å². The Balaban J connectivity index is 3.50. The maximum atomic E-state index is 11.3. The Kier molecular flexibility index (Phi) is 14.4. The molecule has 0 saturated carbocycles. The molecule has 0 spiro atoms. The molecule has 1 unspecified atom stereocenters. The Hall–Kier alpha value is -0.130. The summed E-state index contributed by atoms with van der Waals surface area (Å²) >= 11 is 0. The van der Waals surface area contributed by atoms with Crippen LogP contribution in [0.25, 0.3) is 0 Å². The van der Waals surface area contributed by atoms with Crippen LogP contribution >= 0.6 is 0 Å². The van der Waals surface area contributed by atoms with E-state index in [1.54, 1.807) is 0 Å². The van der Waals surface area contributed by atoms with E-state index in [0.29, 0.717) is 19.4 Å². The molecule has 0 fully saturated rings. The van der Waals surface area contributed by atoms with Gasteiger partial charge < -0.3 is 5.11 Å². The van der Waals surface area contributed by atoms with Gasteiger partial charge in [0.2, 0.25) is 0 Å². The van der Waals surface area contributed by atoms with Crippen LogP contribution in [-0.4, -0.2) is 29.9 Å². The zero-order valence-corrected chi connectivity index (χ0v) is 15.1. The van der Waals surface area contributed by atoms with E-state index in [-0.39, 0.29) is 0 Å². The van der Waals surface area contributed by atoms with Gasteiger partial charge in [0.1, 0.15) is 0 Å². The van der Waals surface area contributed by atoms with Crippen LogP contribution in [0.5, 0.6) is 0 Å². The molecule has 0 bridgehead atoms. The van der Waals surface area contributed by atoms with Crippen molar-refractivity contribution in [2.45, 2.75) is 102 Å². The van der Waals surface area contributed by atoms with Crippen molar-refractivity contribution >= 4 is 10.1 Å². The number of rotatable bonds is 16. The molecule has 0 aromatic heterocycles. The lowest BCUT2D eigenvalue weighted by Gasteiger charge is -2.13. The molecular formula is C17H36O4S. The van der Waals surface area contributed by atoms with E-state index in [2.05, 4.69) is 0 Å². The molecule has 0 radical (unpaired) electrons. The van der Waals surface area contributed by atoms with Crippen LogP contribution in [-0.2, 0) is 10.1 Å². The molecule has 0 aromatic carbocycles. The molecule has 0 aliphatic rings. The summed E-state index contributed by atoms with van der Waals surface area (Å²) in [7, 11) is -3.87. The van der Waals surface area contributed by atoms with E-state index in [1.807, 2.05) is 6.92 Å². The summed E-state index contributed by atoms with van der Waals surface area (Å²) in [6.45, 7) is 2.34. The average molecular weight is 337 g/mol. The van der Waals surface area contributed by atoms with E-state index in [4.69, 9.17) is 5.11 Å². The van der Waals surface area contributed by atoms with Gasteiger partial charge in [-0.25, -0.2) is 0 Å². The van der Waals surface area contributed by atoms with Gasteiger partial charge in [0.05, 0.1) is 5.25 Å². The molecular weight excluding hydrogens is 300 g/mol. The standard InChI is InChI=1S/C17H36O4S/c1-2-3-14-17(22(19,20)21)15-12-10-8-6-4-5-7-9-11-13-16-18/h17-18H,2-16H2,1H3,(H,19,20,21). The normalized spacial score (nSPS) is 13.4. The van der Waals surface area contributed by atoms with Crippen molar-refractivity contribution in [2.24, 2.45) is 0 Å². The molecule has 134 valence electrons. The first-order chi connectivity index (χ1) is 10.5. The highest BCUT2D eigenvalue weighted by molar-refractivity contribution is 7.86. The van der Waals surface area contributed by atoms with Gasteiger partial charge in [-0.2, -0.15) is 8.42 Å². The molecule has 5 heteroatoms. The number of unbranched alkanes of at least 4 members (excludes halogenated alkanes) is 10. The van der Waals surface area contributed by atoms with Crippen LogP contribution in [0, 0.1) is 0 Å². The number of aliphatic hydroxyl groups is 1. The zero-order chi connectivity index (χ0) is 16.7. The SMILES string of the molecule is CCCCC(CCCCCCCCCCCCO)S(=O)(=O)O. The number of aliphatic hydroxyl groups excluding tert-OH is 1. The molecule has 22 heavy (non-hydrogen) atoms. The monoisotopic (exact) mass is 336 g/mol. The minimum absolute atomic E-state index is 0.308. The van der Waals surface area contributed by atoms with Gasteiger partial charge in [-0.15, -0.1) is 0 Å². The second-order valence-corrected chi connectivity index (χ2v) is 8.02. The van der Waals surface area contributed by atoms with Crippen LogP contribution in [0.3, 0.4) is 0 Å². The molecule has 0 amide bonds. The highest BCUT2D eigenvalue weighted by Crippen LogP contribution is 2.18. The smallest absolute Gasteiger partial charge is 0.267 e. The van der Waals surface area contributed by atoms with Crippen LogP contribution in [0.1, 0.15) is 96.8 Å². The van der Waals surface area contributed by atoms with Crippen LogP contribution < -0.4 is 0 Å². The van der Waals surface area contributed by atoms with Gasteiger partial charge in [-0.05, 0) is 19.3 Å². The summed E-state index contributed by atoms with van der Waals surface area (Å²) in [5.41, 5.74) is 0. The van der Waals surface area contributed by atoms with Gasteiger partial charge in [-0.1, -0.05) is 77.6 Å². The third-order valence-electron chi connectivity index (χ3n) is 4.24. The quantitative estimate of drug-likeness (QED) is 0.316. The summed E-state index contributed by atoms with van der Waals surface area (Å²) in [5, 5.41) is 8.12. The first kappa shape index (κ1) is 21.9. The molecule has 0 saturated heterocycles. The molecule has 0 aliphatic carbocycles. The Labute approximate surface area is 137 Å². The third-order valence-corrected chi connectivity index (χ3v) is 5.55. The average Bonchev–Trinajstić information content (AvgIpc) is 2.46. The van der Waals surface area contributed by atoms with Crippen molar-refractivity contribution in [3.8, 4) is 0 Å². The molecule has 0 aliphatic heterocycles. The van der Waals surface area contributed by atoms with Crippen LogP contribution in [0.4, 0.5) is 0 Å². The molecule has 0 heterocycles. The fourth-order valence-corrected chi connectivity index (χ4v) is 3.70. The van der Waals surface area contributed by atoms with Crippen LogP contribution in [0.2, 0.25) is 0 Å². The predicted molar refractivity (Wildman–Crippen MR) is 92.7 cm³/mol. The molecule has 0 rings (SSSR count). The highest BCUT2D eigenvalue weighted by atomic mass is 32.2. The number of hydrogen-bond acceptors (Lipinski definition) is 3. The lowest BCUT2D eigenvalue weighted by Crippen LogP contribution is -2.20. The maximum absolute atomic E-state index is 11.3. The molecule has 1 atom stereocenters. The van der Waals surface area contributed by atoms with E-state index in [1.165, 1.54) is 32.1 Å².